The van der Waals surface area contributed by atoms with E-state index in [1.54, 1.807) is 6.07 Å². The van der Waals surface area contributed by atoms with Crippen LogP contribution in [-0.2, 0) is 24.1 Å². The van der Waals surface area contributed by atoms with Crippen molar-refractivity contribution in [2.75, 3.05) is 19.7 Å². The van der Waals surface area contributed by atoms with Crippen LogP contribution < -0.4 is 5.43 Å². The van der Waals surface area contributed by atoms with Crippen molar-refractivity contribution in [1.29, 1.82) is 0 Å². The van der Waals surface area contributed by atoms with Crippen LogP contribution in [0.25, 0.3) is 0 Å². The summed E-state index contributed by atoms with van der Waals surface area (Å²) < 4.78 is 8.08. The normalized spacial score (nSPS) is 19.4. The van der Waals surface area contributed by atoms with Gasteiger partial charge in [-0.2, -0.15) is 0 Å². The van der Waals surface area contributed by atoms with E-state index in [1.807, 2.05) is 30.0 Å². The molecule has 1 aromatic carbocycles. The van der Waals surface area contributed by atoms with E-state index in [0.29, 0.717) is 18.5 Å². The first kappa shape index (κ1) is 21.8. The van der Waals surface area contributed by atoms with Gasteiger partial charge >= 0.3 is 0 Å². The summed E-state index contributed by atoms with van der Waals surface area (Å²) in [5.41, 5.74) is 3.24. The minimum absolute atomic E-state index is 0.0870. The van der Waals surface area contributed by atoms with Crippen LogP contribution in [0.2, 0.25) is 0 Å². The number of hydrogen-bond donors (Lipinski definition) is 0. The Morgan fingerprint density at radius 1 is 1.03 bits per heavy atom. The summed E-state index contributed by atoms with van der Waals surface area (Å²) >= 11 is 0. The fourth-order valence-electron chi connectivity index (χ4n) is 4.90. The molecule has 0 aliphatic carbocycles. The molecular weight excluding hydrogens is 388 g/mol. The minimum atomic E-state index is -0.140. The lowest BCUT2D eigenvalue weighted by molar-refractivity contribution is 0.0754. The Balaban J connectivity index is 1.71. The maximum atomic E-state index is 13.6. The SMILES string of the molecule is Cc1cc(=O)c(C(=O)N2CCCCCC2)c(CCc2ccccc2)n1C[C@H]1CCCO1. The van der Waals surface area contributed by atoms with Crippen LogP contribution >= 0.6 is 0 Å². The van der Waals surface area contributed by atoms with Crippen LogP contribution in [0, 0.1) is 6.92 Å². The molecule has 31 heavy (non-hydrogen) atoms. The quantitative estimate of drug-likeness (QED) is 0.703. The van der Waals surface area contributed by atoms with E-state index in [4.69, 9.17) is 4.74 Å². The van der Waals surface area contributed by atoms with E-state index in [1.165, 1.54) is 5.56 Å². The van der Waals surface area contributed by atoms with Crippen molar-refractivity contribution in [3.63, 3.8) is 0 Å². The predicted molar refractivity (Wildman–Crippen MR) is 123 cm³/mol. The van der Waals surface area contributed by atoms with Gasteiger partial charge in [-0.3, -0.25) is 9.59 Å². The average molecular weight is 423 g/mol. The predicted octanol–water partition coefficient (Wildman–Crippen LogP) is 4.14. The molecule has 0 spiro atoms. The van der Waals surface area contributed by atoms with Gasteiger partial charge in [-0.15, -0.1) is 0 Å². The minimum Gasteiger partial charge on any atom is -0.376 e. The summed E-state index contributed by atoms with van der Waals surface area (Å²) in [6, 6.07) is 11.9. The van der Waals surface area contributed by atoms with Gasteiger partial charge in [-0.05, 0) is 51.0 Å². The monoisotopic (exact) mass is 422 g/mol. The van der Waals surface area contributed by atoms with E-state index in [-0.39, 0.29) is 17.4 Å². The van der Waals surface area contributed by atoms with Crippen LogP contribution in [0.4, 0.5) is 0 Å². The summed E-state index contributed by atoms with van der Waals surface area (Å²) in [6.45, 7) is 4.97. The van der Waals surface area contributed by atoms with Crippen molar-refractivity contribution in [3.05, 3.63) is 69.1 Å². The summed E-state index contributed by atoms with van der Waals surface area (Å²) in [6.07, 6.45) is 8.06. The molecule has 3 heterocycles. The highest BCUT2D eigenvalue weighted by molar-refractivity contribution is 5.95. The molecule has 5 heteroatoms. The summed E-state index contributed by atoms with van der Waals surface area (Å²) in [7, 11) is 0. The van der Waals surface area contributed by atoms with Crippen molar-refractivity contribution in [1.82, 2.24) is 9.47 Å². The second-order valence-electron chi connectivity index (χ2n) is 8.91. The number of carbonyl (C=O) groups excluding carboxylic acids is 1. The second-order valence-corrected chi connectivity index (χ2v) is 8.91. The van der Waals surface area contributed by atoms with Crippen LogP contribution in [0.3, 0.4) is 0 Å². The van der Waals surface area contributed by atoms with Crippen molar-refractivity contribution < 1.29 is 9.53 Å². The first-order valence-corrected chi connectivity index (χ1v) is 11.8. The molecule has 0 bridgehead atoms. The molecule has 0 saturated carbocycles. The van der Waals surface area contributed by atoms with Crippen LogP contribution in [-0.4, -0.2) is 41.2 Å². The fourth-order valence-corrected chi connectivity index (χ4v) is 4.90. The van der Waals surface area contributed by atoms with Gasteiger partial charge in [-0.25, -0.2) is 0 Å². The molecule has 0 unspecified atom stereocenters. The molecule has 1 atom stereocenters. The van der Waals surface area contributed by atoms with Gasteiger partial charge in [0.25, 0.3) is 5.91 Å². The van der Waals surface area contributed by atoms with E-state index in [9.17, 15) is 9.59 Å². The highest BCUT2D eigenvalue weighted by Crippen LogP contribution is 2.21. The van der Waals surface area contributed by atoms with E-state index >= 15 is 0 Å². The van der Waals surface area contributed by atoms with Crippen molar-refractivity contribution >= 4 is 5.91 Å². The zero-order valence-corrected chi connectivity index (χ0v) is 18.6. The van der Waals surface area contributed by atoms with Gasteiger partial charge in [-0.1, -0.05) is 43.2 Å². The molecule has 0 N–H and O–H groups in total. The van der Waals surface area contributed by atoms with Gasteiger partial charge in [0, 0.05) is 43.7 Å². The van der Waals surface area contributed by atoms with E-state index in [2.05, 4.69) is 16.7 Å². The lowest BCUT2D eigenvalue weighted by atomic mass is 10.0. The van der Waals surface area contributed by atoms with Crippen molar-refractivity contribution in [3.8, 4) is 0 Å². The smallest absolute Gasteiger partial charge is 0.259 e. The van der Waals surface area contributed by atoms with Crippen molar-refractivity contribution in [2.24, 2.45) is 0 Å². The molecule has 4 rings (SSSR count). The summed E-state index contributed by atoms with van der Waals surface area (Å²) in [5.74, 6) is -0.0870. The largest absolute Gasteiger partial charge is 0.376 e. The Morgan fingerprint density at radius 3 is 2.45 bits per heavy atom. The highest BCUT2D eigenvalue weighted by Gasteiger charge is 2.27. The first-order chi connectivity index (χ1) is 15.1. The number of amides is 1. The number of aryl methyl sites for hydroxylation is 2. The molecular formula is C26H34N2O3. The number of likely N-dealkylation sites (tertiary alicyclic amines) is 1. The Morgan fingerprint density at radius 2 is 1.77 bits per heavy atom. The molecule has 0 radical (unpaired) electrons. The number of hydrogen-bond acceptors (Lipinski definition) is 3. The lowest BCUT2D eigenvalue weighted by Gasteiger charge is -2.26. The number of pyridine rings is 1. The maximum Gasteiger partial charge on any atom is 0.259 e. The molecule has 2 fully saturated rings. The Labute approximate surface area is 185 Å². The zero-order valence-electron chi connectivity index (χ0n) is 18.6. The summed E-state index contributed by atoms with van der Waals surface area (Å²) in [5, 5.41) is 0. The topological polar surface area (TPSA) is 51.5 Å². The number of benzene rings is 1. The fraction of sp³-hybridized carbons (Fsp3) is 0.538. The molecule has 2 aliphatic rings. The first-order valence-electron chi connectivity index (χ1n) is 11.8. The standard InChI is InChI=1S/C26H34N2O3/c1-20-18-24(29)25(26(30)27-15-7-2-3-8-16-27)23(14-13-21-10-5-4-6-11-21)28(20)19-22-12-9-17-31-22/h4-6,10-11,18,22H,2-3,7-9,12-17,19H2,1H3/t22-/m1/s1. The molecule has 2 saturated heterocycles. The molecule has 2 aliphatic heterocycles. The van der Waals surface area contributed by atoms with Crippen LogP contribution in [0.1, 0.15) is 65.8 Å². The number of nitrogens with zero attached hydrogens (tertiary/aromatic N) is 2. The third-order valence-corrected chi connectivity index (χ3v) is 6.64. The molecule has 1 aromatic heterocycles. The van der Waals surface area contributed by atoms with Gasteiger partial charge in [0.1, 0.15) is 5.56 Å². The Kier molecular flexibility index (Phi) is 7.23. The maximum absolute atomic E-state index is 13.6. The molecule has 5 nitrogen and oxygen atoms in total. The molecule has 1 amide bonds. The third kappa shape index (κ3) is 5.27. The zero-order chi connectivity index (χ0) is 21.6. The average Bonchev–Trinajstić information content (AvgIpc) is 3.14. The third-order valence-electron chi connectivity index (χ3n) is 6.64. The summed E-state index contributed by atoms with van der Waals surface area (Å²) in [4.78, 5) is 28.6. The van der Waals surface area contributed by atoms with Gasteiger partial charge in [0.2, 0.25) is 0 Å². The van der Waals surface area contributed by atoms with Gasteiger partial charge < -0.3 is 14.2 Å². The van der Waals surface area contributed by atoms with Crippen LogP contribution in [0.5, 0.6) is 0 Å². The number of ether oxygens (including phenoxy) is 1. The van der Waals surface area contributed by atoms with Crippen LogP contribution in [0.15, 0.2) is 41.2 Å². The van der Waals surface area contributed by atoms with Gasteiger partial charge in [0.15, 0.2) is 5.43 Å². The van der Waals surface area contributed by atoms with E-state index < -0.39 is 0 Å². The Bertz CT molecular complexity index is 937. The Hall–Kier alpha value is -2.40. The second kappa shape index (κ2) is 10.3. The van der Waals surface area contributed by atoms with Gasteiger partial charge in [0.05, 0.1) is 6.10 Å². The number of rotatable bonds is 6. The number of carbonyl (C=O) groups is 1. The molecule has 2 aromatic rings. The highest BCUT2D eigenvalue weighted by atomic mass is 16.5. The van der Waals surface area contributed by atoms with E-state index in [0.717, 1.165) is 76.0 Å². The van der Waals surface area contributed by atoms with Crippen molar-refractivity contribution in [2.45, 2.75) is 70.9 Å². The number of aromatic nitrogens is 1. The molecule has 166 valence electrons. The lowest BCUT2D eigenvalue weighted by Crippen LogP contribution is -2.38.